The topological polar surface area (TPSA) is 66.8 Å². The lowest BCUT2D eigenvalue weighted by molar-refractivity contribution is -0.140. The molecule has 0 aromatic heterocycles. The average molecular weight is 265 g/mol. The van der Waals surface area contributed by atoms with Crippen LogP contribution in [-0.2, 0) is 9.53 Å². The molecule has 0 aliphatic heterocycles. The van der Waals surface area contributed by atoms with E-state index in [4.69, 9.17) is 0 Å². The van der Waals surface area contributed by atoms with Gasteiger partial charge in [0.2, 0.25) is 0 Å². The van der Waals surface area contributed by atoms with E-state index in [9.17, 15) is 14.7 Å². The number of phenolic OH excluding ortho intramolecular Hbond substituents is 1. The molecule has 1 aromatic rings. The number of hydrogen-bond donors (Lipinski definition) is 1. The van der Waals surface area contributed by atoms with Crippen molar-refractivity contribution in [2.45, 2.75) is 19.8 Å². The number of esters is 1. The lowest BCUT2D eigenvalue weighted by Crippen LogP contribution is -2.28. The maximum atomic E-state index is 12.2. The third kappa shape index (κ3) is 4.28. The van der Waals surface area contributed by atoms with Crippen LogP contribution in [0.5, 0.6) is 5.75 Å². The number of amides is 1. The molecule has 0 aliphatic carbocycles. The van der Waals surface area contributed by atoms with Crippen molar-refractivity contribution in [3.63, 3.8) is 0 Å². The van der Waals surface area contributed by atoms with Crippen LogP contribution in [0.25, 0.3) is 0 Å². The average Bonchev–Trinajstić information content (AvgIpc) is 2.37. The van der Waals surface area contributed by atoms with Crippen LogP contribution >= 0.6 is 0 Å². The fourth-order valence-electron chi connectivity index (χ4n) is 1.76. The first kappa shape index (κ1) is 15.0. The number of rotatable bonds is 5. The van der Waals surface area contributed by atoms with Gasteiger partial charge in [-0.1, -0.05) is 0 Å². The van der Waals surface area contributed by atoms with Gasteiger partial charge >= 0.3 is 5.97 Å². The number of ether oxygens (including phenoxy) is 1. The van der Waals surface area contributed by atoms with Crippen molar-refractivity contribution in [2.75, 3.05) is 20.7 Å². The number of aromatic hydroxyl groups is 1. The van der Waals surface area contributed by atoms with E-state index in [1.807, 2.05) is 0 Å². The highest BCUT2D eigenvalue weighted by molar-refractivity contribution is 5.95. The van der Waals surface area contributed by atoms with Gasteiger partial charge in [0.15, 0.2) is 0 Å². The van der Waals surface area contributed by atoms with E-state index in [0.29, 0.717) is 24.9 Å². The Morgan fingerprint density at radius 3 is 2.63 bits per heavy atom. The Balaban J connectivity index is 2.59. The largest absolute Gasteiger partial charge is 0.508 e. The maximum Gasteiger partial charge on any atom is 0.305 e. The number of nitrogens with zero attached hydrogens (tertiary/aromatic N) is 1. The van der Waals surface area contributed by atoms with Gasteiger partial charge in [-0.3, -0.25) is 9.59 Å². The Bertz CT molecular complexity index is 471. The summed E-state index contributed by atoms with van der Waals surface area (Å²) in [5.74, 6) is -0.258. The number of carbonyl (C=O) groups excluding carboxylic acids is 2. The second-order valence-electron chi connectivity index (χ2n) is 4.41. The summed E-state index contributed by atoms with van der Waals surface area (Å²) in [4.78, 5) is 24.7. The van der Waals surface area contributed by atoms with E-state index in [1.54, 1.807) is 31.0 Å². The first-order valence-corrected chi connectivity index (χ1v) is 6.07. The Kier molecular flexibility index (Phi) is 5.36. The van der Waals surface area contributed by atoms with Crippen LogP contribution in [0, 0.1) is 6.92 Å². The second kappa shape index (κ2) is 6.78. The Labute approximate surface area is 112 Å². The molecule has 0 unspecified atom stereocenters. The third-order valence-electron chi connectivity index (χ3n) is 2.89. The van der Waals surface area contributed by atoms with Crippen molar-refractivity contribution in [1.29, 1.82) is 0 Å². The van der Waals surface area contributed by atoms with E-state index < -0.39 is 0 Å². The van der Waals surface area contributed by atoms with Gasteiger partial charge in [-0.05, 0) is 37.1 Å². The van der Waals surface area contributed by atoms with Crippen molar-refractivity contribution in [3.05, 3.63) is 29.3 Å². The maximum absolute atomic E-state index is 12.2. The molecule has 19 heavy (non-hydrogen) atoms. The summed E-state index contributed by atoms with van der Waals surface area (Å²) in [6, 6.07) is 4.64. The summed E-state index contributed by atoms with van der Waals surface area (Å²) in [5, 5.41) is 9.31. The van der Waals surface area contributed by atoms with Crippen molar-refractivity contribution >= 4 is 11.9 Å². The SMILES string of the molecule is COC(=O)CCCN(C)C(=O)c1ccc(O)cc1C. The predicted octanol–water partition coefficient (Wildman–Crippen LogP) is 1.73. The summed E-state index contributed by atoms with van der Waals surface area (Å²) in [5.41, 5.74) is 1.28. The zero-order chi connectivity index (χ0) is 14.4. The number of carbonyl (C=O) groups is 2. The minimum absolute atomic E-state index is 0.123. The molecule has 0 saturated heterocycles. The van der Waals surface area contributed by atoms with Crippen molar-refractivity contribution in [1.82, 2.24) is 4.90 Å². The first-order valence-electron chi connectivity index (χ1n) is 6.07. The van der Waals surface area contributed by atoms with Crippen LogP contribution in [0.15, 0.2) is 18.2 Å². The highest BCUT2D eigenvalue weighted by atomic mass is 16.5. The zero-order valence-corrected chi connectivity index (χ0v) is 11.5. The fraction of sp³-hybridized carbons (Fsp3) is 0.429. The summed E-state index contributed by atoms with van der Waals surface area (Å²) in [7, 11) is 3.03. The highest BCUT2D eigenvalue weighted by Gasteiger charge is 2.14. The minimum Gasteiger partial charge on any atom is -0.508 e. The van der Waals surface area contributed by atoms with Gasteiger partial charge in [-0.2, -0.15) is 0 Å². The van der Waals surface area contributed by atoms with Crippen LogP contribution in [0.3, 0.4) is 0 Å². The van der Waals surface area contributed by atoms with Crippen LogP contribution in [0.1, 0.15) is 28.8 Å². The summed E-state index contributed by atoms with van der Waals surface area (Å²) < 4.78 is 4.54. The molecule has 1 N–H and O–H groups in total. The van der Waals surface area contributed by atoms with Crippen LogP contribution in [0.2, 0.25) is 0 Å². The zero-order valence-electron chi connectivity index (χ0n) is 11.5. The number of methoxy groups -OCH3 is 1. The minimum atomic E-state index is -0.276. The van der Waals surface area contributed by atoms with Gasteiger partial charge < -0.3 is 14.7 Å². The molecule has 1 aromatic carbocycles. The lowest BCUT2D eigenvalue weighted by atomic mass is 10.1. The normalized spacial score (nSPS) is 10.1. The third-order valence-corrected chi connectivity index (χ3v) is 2.89. The monoisotopic (exact) mass is 265 g/mol. The van der Waals surface area contributed by atoms with Crippen molar-refractivity contribution < 1.29 is 19.4 Å². The van der Waals surface area contributed by atoms with Gasteiger partial charge in [0.1, 0.15) is 5.75 Å². The quantitative estimate of drug-likeness (QED) is 0.823. The molecule has 0 fully saturated rings. The molecule has 1 amide bonds. The molecule has 0 atom stereocenters. The number of benzene rings is 1. The Hall–Kier alpha value is -2.04. The van der Waals surface area contributed by atoms with Gasteiger partial charge in [-0.15, -0.1) is 0 Å². The number of aryl methyl sites for hydroxylation is 1. The highest BCUT2D eigenvalue weighted by Crippen LogP contribution is 2.17. The smallest absolute Gasteiger partial charge is 0.305 e. The molecule has 0 saturated carbocycles. The molecule has 0 radical (unpaired) electrons. The van der Waals surface area contributed by atoms with E-state index >= 15 is 0 Å². The van der Waals surface area contributed by atoms with Crippen molar-refractivity contribution in [2.24, 2.45) is 0 Å². The van der Waals surface area contributed by atoms with E-state index in [-0.39, 0.29) is 17.6 Å². The number of phenols is 1. The molecule has 0 heterocycles. The Morgan fingerprint density at radius 1 is 1.37 bits per heavy atom. The Morgan fingerprint density at radius 2 is 2.05 bits per heavy atom. The lowest BCUT2D eigenvalue weighted by Gasteiger charge is -2.18. The molecule has 104 valence electrons. The standard InChI is InChI=1S/C14H19NO4/c1-10-9-11(16)6-7-12(10)14(18)15(2)8-4-5-13(17)19-3/h6-7,9,16H,4-5,8H2,1-3H3. The fourth-order valence-corrected chi connectivity index (χ4v) is 1.76. The molecule has 5 heteroatoms. The molecule has 0 bridgehead atoms. The van der Waals surface area contributed by atoms with Gasteiger partial charge in [0, 0.05) is 25.6 Å². The summed E-state index contributed by atoms with van der Waals surface area (Å²) in [6.07, 6.45) is 0.856. The van der Waals surface area contributed by atoms with Crippen molar-refractivity contribution in [3.8, 4) is 5.75 Å². The van der Waals surface area contributed by atoms with Gasteiger partial charge in [0.05, 0.1) is 7.11 Å². The summed E-state index contributed by atoms with van der Waals surface area (Å²) in [6.45, 7) is 2.25. The second-order valence-corrected chi connectivity index (χ2v) is 4.41. The first-order chi connectivity index (χ1) is 8.95. The van der Waals surface area contributed by atoms with Crippen LogP contribution in [0.4, 0.5) is 0 Å². The van der Waals surface area contributed by atoms with E-state index in [2.05, 4.69) is 4.74 Å². The van der Waals surface area contributed by atoms with Gasteiger partial charge in [-0.25, -0.2) is 0 Å². The van der Waals surface area contributed by atoms with Crippen LogP contribution in [-0.4, -0.2) is 42.6 Å². The molecular formula is C14H19NO4. The molecule has 5 nitrogen and oxygen atoms in total. The van der Waals surface area contributed by atoms with Crippen LogP contribution < -0.4 is 0 Å². The molecule has 0 spiro atoms. The molecular weight excluding hydrogens is 246 g/mol. The predicted molar refractivity (Wildman–Crippen MR) is 71.1 cm³/mol. The van der Waals surface area contributed by atoms with Gasteiger partial charge in [0.25, 0.3) is 5.91 Å². The van der Waals surface area contributed by atoms with E-state index in [0.717, 1.165) is 5.56 Å². The summed E-state index contributed by atoms with van der Waals surface area (Å²) >= 11 is 0. The molecule has 0 aliphatic rings. The molecule has 1 rings (SSSR count). The van der Waals surface area contributed by atoms with E-state index in [1.165, 1.54) is 13.2 Å². The number of hydrogen-bond acceptors (Lipinski definition) is 4.